The summed E-state index contributed by atoms with van der Waals surface area (Å²) in [5.74, 6) is 0. The Kier molecular flexibility index (Phi) is 1.62. The molecule has 1 spiro atoms. The Morgan fingerprint density at radius 1 is 1.29 bits per heavy atom. The molecule has 1 aromatic rings. The molecule has 2 aliphatic rings. The fraction of sp³-hybridized carbons (Fsp3) is 0.500. The highest BCUT2D eigenvalue weighted by molar-refractivity contribution is 5.63. The molecule has 74 valence electrons. The minimum Gasteiger partial charge on any atom is -0.384 e. The zero-order valence-corrected chi connectivity index (χ0v) is 8.56. The number of nitrogens with one attached hydrogen (secondary N) is 2. The molecule has 0 saturated carbocycles. The number of fused-ring (bicyclic) bond motifs is 2. The lowest BCUT2D eigenvalue weighted by molar-refractivity contribution is 0.520. The number of hydrogen-bond donors (Lipinski definition) is 2. The van der Waals surface area contributed by atoms with E-state index in [9.17, 15) is 0 Å². The molecule has 0 radical (unpaired) electrons. The standard InChI is InChI=1S/C12H16N2/c1-9-3-2-4-10-11(9)12(8-14-10)5-6-13-7-12/h2-4,13-14H,5-8H2,1H3. The molecular weight excluding hydrogens is 172 g/mol. The fourth-order valence-corrected chi connectivity index (χ4v) is 2.98. The molecule has 14 heavy (non-hydrogen) atoms. The van der Waals surface area contributed by atoms with Gasteiger partial charge in [0.05, 0.1) is 0 Å². The van der Waals surface area contributed by atoms with E-state index in [0.29, 0.717) is 5.41 Å². The van der Waals surface area contributed by atoms with Crippen molar-refractivity contribution in [3.8, 4) is 0 Å². The topological polar surface area (TPSA) is 24.1 Å². The Morgan fingerprint density at radius 3 is 3.00 bits per heavy atom. The zero-order chi connectivity index (χ0) is 9.60. The molecule has 0 aromatic heterocycles. The molecule has 0 aliphatic carbocycles. The van der Waals surface area contributed by atoms with Gasteiger partial charge in [0.25, 0.3) is 0 Å². The normalized spacial score (nSPS) is 29.2. The van der Waals surface area contributed by atoms with Gasteiger partial charge >= 0.3 is 0 Å². The van der Waals surface area contributed by atoms with Crippen LogP contribution in [0.2, 0.25) is 0 Å². The Hall–Kier alpha value is -1.02. The summed E-state index contributed by atoms with van der Waals surface area (Å²) in [7, 11) is 0. The first kappa shape index (κ1) is 8.30. The van der Waals surface area contributed by atoms with E-state index in [1.807, 2.05) is 0 Å². The van der Waals surface area contributed by atoms with Gasteiger partial charge in [-0.3, -0.25) is 0 Å². The third kappa shape index (κ3) is 0.947. The van der Waals surface area contributed by atoms with Crippen molar-refractivity contribution in [2.45, 2.75) is 18.8 Å². The predicted octanol–water partition coefficient (Wildman–Crippen LogP) is 1.65. The molecular formula is C12H16N2. The molecule has 1 saturated heterocycles. The summed E-state index contributed by atoms with van der Waals surface area (Å²) in [5.41, 5.74) is 4.75. The smallest absolute Gasteiger partial charge is 0.0382 e. The number of aryl methyl sites for hydroxylation is 1. The Morgan fingerprint density at radius 2 is 2.21 bits per heavy atom. The Balaban J connectivity index is 2.16. The minimum absolute atomic E-state index is 0.390. The van der Waals surface area contributed by atoms with Crippen molar-refractivity contribution in [1.82, 2.24) is 5.32 Å². The van der Waals surface area contributed by atoms with Crippen molar-refractivity contribution in [3.05, 3.63) is 29.3 Å². The summed E-state index contributed by atoms with van der Waals surface area (Å²) in [6.45, 7) is 5.64. The first-order valence-corrected chi connectivity index (χ1v) is 5.37. The van der Waals surface area contributed by atoms with Gasteiger partial charge in [0, 0.05) is 24.2 Å². The van der Waals surface area contributed by atoms with Gasteiger partial charge < -0.3 is 10.6 Å². The van der Waals surface area contributed by atoms with Crippen LogP contribution in [-0.4, -0.2) is 19.6 Å². The lowest BCUT2D eigenvalue weighted by atomic mass is 9.79. The van der Waals surface area contributed by atoms with Gasteiger partial charge in [-0.2, -0.15) is 0 Å². The molecule has 2 N–H and O–H groups in total. The van der Waals surface area contributed by atoms with E-state index in [0.717, 1.165) is 19.6 Å². The highest BCUT2D eigenvalue weighted by Gasteiger charge is 2.41. The van der Waals surface area contributed by atoms with Crippen LogP contribution in [0.5, 0.6) is 0 Å². The average Bonchev–Trinajstić information content (AvgIpc) is 2.77. The van der Waals surface area contributed by atoms with Crippen LogP contribution in [0.15, 0.2) is 18.2 Å². The van der Waals surface area contributed by atoms with Gasteiger partial charge in [0.1, 0.15) is 0 Å². The quantitative estimate of drug-likeness (QED) is 0.647. The van der Waals surface area contributed by atoms with E-state index in [1.165, 1.54) is 17.7 Å². The van der Waals surface area contributed by atoms with Crippen molar-refractivity contribution >= 4 is 5.69 Å². The van der Waals surface area contributed by atoms with Crippen LogP contribution in [0.4, 0.5) is 5.69 Å². The molecule has 1 atom stereocenters. The fourth-order valence-electron chi connectivity index (χ4n) is 2.98. The lowest BCUT2D eigenvalue weighted by Crippen LogP contribution is -2.31. The van der Waals surface area contributed by atoms with Crippen molar-refractivity contribution < 1.29 is 0 Å². The minimum atomic E-state index is 0.390. The first-order chi connectivity index (χ1) is 6.82. The van der Waals surface area contributed by atoms with E-state index in [-0.39, 0.29) is 0 Å². The molecule has 3 rings (SSSR count). The predicted molar refractivity (Wildman–Crippen MR) is 58.8 cm³/mol. The van der Waals surface area contributed by atoms with Crippen LogP contribution >= 0.6 is 0 Å². The molecule has 2 aliphatic heterocycles. The van der Waals surface area contributed by atoms with Crippen LogP contribution in [0, 0.1) is 6.92 Å². The molecule has 1 fully saturated rings. The molecule has 2 heterocycles. The van der Waals surface area contributed by atoms with Gasteiger partial charge in [-0.15, -0.1) is 0 Å². The monoisotopic (exact) mass is 188 g/mol. The molecule has 1 unspecified atom stereocenters. The Bertz CT molecular complexity index is 365. The van der Waals surface area contributed by atoms with Crippen molar-refractivity contribution in [1.29, 1.82) is 0 Å². The van der Waals surface area contributed by atoms with Crippen LogP contribution in [0.3, 0.4) is 0 Å². The maximum Gasteiger partial charge on any atom is 0.0382 e. The van der Waals surface area contributed by atoms with E-state index in [2.05, 4.69) is 35.8 Å². The van der Waals surface area contributed by atoms with Crippen LogP contribution in [0.25, 0.3) is 0 Å². The van der Waals surface area contributed by atoms with Gasteiger partial charge in [-0.25, -0.2) is 0 Å². The summed E-state index contributed by atoms with van der Waals surface area (Å²) >= 11 is 0. The van der Waals surface area contributed by atoms with Gasteiger partial charge in [-0.1, -0.05) is 12.1 Å². The maximum absolute atomic E-state index is 3.53. The van der Waals surface area contributed by atoms with Crippen LogP contribution in [0.1, 0.15) is 17.5 Å². The molecule has 1 aromatic carbocycles. The summed E-state index contributed by atoms with van der Waals surface area (Å²) in [6, 6.07) is 6.57. The third-order valence-corrected chi connectivity index (χ3v) is 3.66. The summed E-state index contributed by atoms with van der Waals surface area (Å²) < 4.78 is 0. The molecule has 0 amide bonds. The highest BCUT2D eigenvalue weighted by atomic mass is 15.0. The largest absolute Gasteiger partial charge is 0.384 e. The average molecular weight is 188 g/mol. The lowest BCUT2D eigenvalue weighted by Gasteiger charge is -2.23. The highest BCUT2D eigenvalue weighted by Crippen LogP contribution is 2.42. The summed E-state index contributed by atoms with van der Waals surface area (Å²) in [4.78, 5) is 0. The maximum atomic E-state index is 3.53. The number of benzene rings is 1. The van der Waals surface area contributed by atoms with Crippen LogP contribution in [-0.2, 0) is 5.41 Å². The summed E-state index contributed by atoms with van der Waals surface area (Å²) in [5, 5.41) is 7.02. The van der Waals surface area contributed by atoms with E-state index in [4.69, 9.17) is 0 Å². The van der Waals surface area contributed by atoms with Crippen molar-refractivity contribution in [2.24, 2.45) is 0 Å². The van der Waals surface area contributed by atoms with E-state index >= 15 is 0 Å². The van der Waals surface area contributed by atoms with E-state index < -0.39 is 0 Å². The van der Waals surface area contributed by atoms with E-state index in [1.54, 1.807) is 5.56 Å². The number of anilines is 1. The zero-order valence-electron chi connectivity index (χ0n) is 8.56. The Labute approximate surface area is 84.7 Å². The number of rotatable bonds is 0. The first-order valence-electron chi connectivity index (χ1n) is 5.37. The second kappa shape index (κ2) is 2.74. The second-order valence-electron chi connectivity index (χ2n) is 4.56. The third-order valence-electron chi connectivity index (χ3n) is 3.66. The molecule has 2 nitrogen and oxygen atoms in total. The second-order valence-corrected chi connectivity index (χ2v) is 4.56. The number of hydrogen-bond acceptors (Lipinski definition) is 2. The van der Waals surface area contributed by atoms with Crippen LogP contribution < -0.4 is 10.6 Å². The van der Waals surface area contributed by atoms with Gasteiger partial charge in [0.2, 0.25) is 0 Å². The van der Waals surface area contributed by atoms with Gasteiger partial charge in [0.15, 0.2) is 0 Å². The van der Waals surface area contributed by atoms with Crippen molar-refractivity contribution in [2.75, 3.05) is 25.0 Å². The molecule has 2 heteroatoms. The SMILES string of the molecule is Cc1cccc2c1C1(CCNC1)CN2. The summed E-state index contributed by atoms with van der Waals surface area (Å²) in [6.07, 6.45) is 1.28. The van der Waals surface area contributed by atoms with Gasteiger partial charge in [-0.05, 0) is 37.1 Å². The van der Waals surface area contributed by atoms with Crippen molar-refractivity contribution in [3.63, 3.8) is 0 Å². The molecule has 0 bridgehead atoms.